The molecule has 2 aromatic rings. The van der Waals surface area contributed by atoms with Crippen LogP contribution in [0.3, 0.4) is 0 Å². The van der Waals surface area contributed by atoms with Crippen molar-refractivity contribution in [2.45, 2.75) is 39.2 Å². The molecule has 0 aliphatic rings. The quantitative estimate of drug-likeness (QED) is 0.902. The number of thiazole rings is 1. The number of amides is 1. The number of anilines is 1. The molecule has 1 aromatic carbocycles. The van der Waals surface area contributed by atoms with Crippen molar-refractivity contribution in [3.8, 4) is 0 Å². The first-order valence-corrected chi connectivity index (χ1v) is 7.22. The summed E-state index contributed by atoms with van der Waals surface area (Å²) in [6.45, 7) is 5.78. The van der Waals surface area contributed by atoms with E-state index in [1.807, 2.05) is 32.0 Å². The normalized spacial score (nSPS) is 14.3. The fourth-order valence-electron chi connectivity index (χ4n) is 2.01. The van der Waals surface area contributed by atoms with E-state index in [2.05, 4.69) is 10.3 Å². The highest BCUT2D eigenvalue weighted by molar-refractivity contribution is 7.22. The van der Waals surface area contributed by atoms with Gasteiger partial charge in [0.15, 0.2) is 5.13 Å². The fraction of sp³-hybridized carbons (Fsp3) is 0.429. The number of benzene rings is 1. The van der Waals surface area contributed by atoms with Crippen LogP contribution in [0.25, 0.3) is 10.2 Å². The third kappa shape index (κ3) is 2.93. The van der Waals surface area contributed by atoms with Crippen molar-refractivity contribution < 1.29 is 4.79 Å². The van der Waals surface area contributed by atoms with Crippen molar-refractivity contribution in [2.24, 2.45) is 5.73 Å². The summed E-state index contributed by atoms with van der Waals surface area (Å²) in [5, 5.41) is 3.44. The van der Waals surface area contributed by atoms with E-state index in [-0.39, 0.29) is 5.91 Å². The Balaban J connectivity index is 2.22. The zero-order valence-electron chi connectivity index (χ0n) is 11.5. The highest BCUT2D eigenvalue weighted by Crippen LogP contribution is 2.28. The van der Waals surface area contributed by atoms with Crippen LogP contribution in [0.1, 0.15) is 32.3 Å². The summed E-state index contributed by atoms with van der Waals surface area (Å²) in [6.07, 6.45) is 1.53. The number of aryl methyl sites for hydroxylation is 1. The van der Waals surface area contributed by atoms with Gasteiger partial charge in [-0.05, 0) is 31.9 Å². The molecule has 1 atom stereocenters. The van der Waals surface area contributed by atoms with Crippen LogP contribution >= 0.6 is 11.3 Å². The summed E-state index contributed by atoms with van der Waals surface area (Å²) < 4.78 is 1.07. The number of carbonyl (C=O) groups is 1. The Labute approximate surface area is 117 Å². The first kappa shape index (κ1) is 14.0. The van der Waals surface area contributed by atoms with Crippen LogP contribution in [-0.4, -0.2) is 16.4 Å². The lowest BCUT2D eigenvalue weighted by atomic mass is 9.97. The van der Waals surface area contributed by atoms with Crippen LogP contribution in [0.4, 0.5) is 5.13 Å². The lowest BCUT2D eigenvalue weighted by molar-refractivity contribution is -0.120. The van der Waals surface area contributed by atoms with E-state index in [1.54, 1.807) is 6.92 Å². The lowest BCUT2D eigenvalue weighted by Crippen LogP contribution is -2.48. The molecule has 0 aliphatic heterocycles. The molecule has 0 bridgehead atoms. The molecule has 102 valence electrons. The first-order chi connectivity index (χ1) is 8.94. The number of nitrogens with one attached hydrogen (secondary N) is 1. The summed E-state index contributed by atoms with van der Waals surface area (Å²) in [5.74, 6) is -0.175. The fourth-order valence-corrected chi connectivity index (χ4v) is 2.95. The molecule has 0 radical (unpaired) electrons. The van der Waals surface area contributed by atoms with E-state index in [0.717, 1.165) is 22.2 Å². The average Bonchev–Trinajstić information content (AvgIpc) is 2.73. The van der Waals surface area contributed by atoms with Gasteiger partial charge in [0.2, 0.25) is 5.91 Å². The van der Waals surface area contributed by atoms with Gasteiger partial charge in [0.1, 0.15) is 0 Å². The van der Waals surface area contributed by atoms with Gasteiger partial charge in [0.25, 0.3) is 0 Å². The van der Waals surface area contributed by atoms with Crippen molar-refractivity contribution in [1.82, 2.24) is 4.98 Å². The van der Waals surface area contributed by atoms with E-state index in [1.165, 1.54) is 11.3 Å². The van der Waals surface area contributed by atoms with E-state index < -0.39 is 5.54 Å². The molecule has 1 heterocycles. The average molecular weight is 277 g/mol. The van der Waals surface area contributed by atoms with Crippen molar-refractivity contribution in [1.29, 1.82) is 0 Å². The van der Waals surface area contributed by atoms with Gasteiger partial charge in [0.05, 0.1) is 15.8 Å². The molecule has 1 unspecified atom stereocenters. The number of carbonyl (C=O) groups excluding carboxylic acids is 1. The lowest BCUT2D eigenvalue weighted by Gasteiger charge is -2.21. The predicted molar refractivity (Wildman–Crippen MR) is 80.5 cm³/mol. The Morgan fingerprint density at radius 1 is 1.53 bits per heavy atom. The minimum Gasteiger partial charge on any atom is -0.318 e. The second-order valence-corrected chi connectivity index (χ2v) is 6.09. The number of aromatic nitrogens is 1. The molecule has 0 saturated carbocycles. The Hall–Kier alpha value is -1.46. The molecule has 3 N–H and O–H groups in total. The number of hydrogen-bond acceptors (Lipinski definition) is 4. The van der Waals surface area contributed by atoms with Crippen LogP contribution in [0, 0.1) is 6.92 Å². The Morgan fingerprint density at radius 3 is 2.89 bits per heavy atom. The number of nitrogens with zero attached hydrogens (tertiary/aromatic N) is 1. The molecule has 5 heteroatoms. The number of hydrogen-bond donors (Lipinski definition) is 2. The second kappa shape index (κ2) is 5.27. The largest absolute Gasteiger partial charge is 0.318 e. The number of nitrogens with two attached hydrogens (primary N) is 1. The Bertz CT molecular complexity index is 604. The molecule has 0 aliphatic carbocycles. The maximum Gasteiger partial charge on any atom is 0.245 e. The van der Waals surface area contributed by atoms with Crippen molar-refractivity contribution in [2.75, 3.05) is 5.32 Å². The monoisotopic (exact) mass is 277 g/mol. The predicted octanol–water partition coefficient (Wildman–Crippen LogP) is 3.06. The number of para-hydroxylation sites is 1. The summed E-state index contributed by atoms with van der Waals surface area (Å²) in [6, 6.07) is 6.01. The van der Waals surface area contributed by atoms with Gasteiger partial charge in [0, 0.05) is 0 Å². The molecule has 0 saturated heterocycles. The zero-order valence-corrected chi connectivity index (χ0v) is 12.3. The first-order valence-electron chi connectivity index (χ1n) is 6.40. The van der Waals surface area contributed by atoms with Gasteiger partial charge in [-0.2, -0.15) is 0 Å². The minimum atomic E-state index is -0.846. The van der Waals surface area contributed by atoms with Gasteiger partial charge < -0.3 is 11.1 Å². The van der Waals surface area contributed by atoms with Crippen LogP contribution in [0.15, 0.2) is 18.2 Å². The Kier molecular flexibility index (Phi) is 3.87. The maximum absolute atomic E-state index is 12.1. The summed E-state index contributed by atoms with van der Waals surface area (Å²) in [7, 11) is 0. The maximum atomic E-state index is 12.1. The van der Waals surface area contributed by atoms with Crippen LogP contribution < -0.4 is 11.1 Å². The third-order valence-electron chi connectivity index (χ3n) is 3.13. The molecular formula is C14H19N3OS. The van der Waals surface area contributed by atoms with Gasteiger partial charge >= 0.3 is 0 Å². The molecule has 0 spiro atoms. The van der Waals surface area contributed by atoms with Gasteiger partial charge in [-0.25, -0.2) is 4.98 Å². The van der Waals surface area contributed by atoms with Crippen molar-refractivity contribution >= 4 is 32.6 Å². The van der Waals surface area contributed by atoms with E-state index in [4.69, 9.17) is 5.73 Å². The standard InChI is InChI=1S/C14H19N3OS/c1-4-8-14(3,15)12(18)17-13-16-11-9(2)6-5-7-10(11)19-13/h5-7H,4,8,15H2,1-3H3,(H,16,17,18). The summed E-state index contributed by atoms with van der Waals surface area (Å²) in [4.78, 5) is 16.6. The zero-order chi connectivity index (χ0) is 14.0. The molecular weight excluding hydrogens is 258 g/mol. The highest BCUT2D eigenvalue weighted by atomic mass is 32.1. The van der Waals surface area contributed by atoms with Crippen LogP contribution in [0.5, 0.6) is 0 Å². The van der Waals surface area contributed by atoms with Gasteiger partial charge in [-0.15, -0.1) is 0 Å². The number of rotatable bonds is 4. The second-order valence-electron chi connectivity index (χ2n) is 5.06. The molecule has 19 heavy (non-hydrogen) atoms. The molecule has 0 fully saturated rings. The van der Waals surface area contributed by atoms with Crippen molar-refractivity contribution in [3.05, 3.63) is 23.8 Å². The molecule has 2 rings (SSSR count). The van der Waals surface area contributed by atoms with E-state index >= 15 is 0 Å². The molecule has 1 aromatic heterocycles. The van der Waals surface area contributed by atoms with E-state index in [0.29, 0.717) is 11.6 Å². The van der Waals surface area contributed by atoms with Crippen molar-refractivity contribution in [3.63, 3.8) is 0 Å². The van der Waals surface area contributed by atoms with E-state index in [9.17, 15) is 4.79 Å². The summed E-state index contributed by atoms with van der Waals surface area (Å²) >= 11 is 1.48. The van der Waals surface area contributed by atoms with Crippen LogP contribution in [-0.2, 0) is 4.79 Å². The third-order valence-corrected chi connectivity index (χ3v) is 4.07. The molecule has 4 nitrogen and oxygen atoms in total. The summed E-state index contributed by atoms with van der Waals surface area (Å²) in [5.41, 5.74) is 7.21. The van der Waals surface area contributed by atoms with Crippen LogP contribution in [0.2, 0.25) is 0 Å². The van der Waals surface area contributed by atoms with Gasteiger partial charge in [-0.1, -0.05) is 36.8 Å². The smallest absolute Gasteiger partial charge is 0.245 e. The Morgan fingerprint density at radius 2 is 2.26 bits per heavy atom. The van der Waals surface area contributed by atoms with Gasteiger partial charge in [-0.3, -0.25) is 4.79 Å². The highest BCUT2D eigenvalue weighted by Gasteiger charge is 2.27. The molecule has 1 amide bonds. The topological polar surface area (TPSA) is 68.0 Å². The minimum absolute atomic E-state index is 0.175. The number of fused-ring (bicyclic) bond motifs is 1. The SMILES string of the molecule is CCCC(C)(N)C(=O)Nc1nc2c(C)cccc2s1.